The maximum atomic E-state index is 13.7. The molecule has 3 rings (SSSR count). The Kier molecular flexibility index (Phi) is 6.86. The van der Waals surface area contributed by atoms with Crippen LogP contribution < -0.4 is 5.32 Å². The molecule has 0 unspecified atom stereocenters. The molecule has 31 heavy (non-hydrogen) atoms. The van der Waals surface area contributed by atoms with E-state index >= 15 is 0 Å². The van der Waals surface area contributed by atoms with Gasteiger partial charge in [0.05, 0.1) is 31.4 Å². The fourth-order valence-electron chi connectivity index (χ4n) is 3.25. The summed E-state index contributed by atoms with van der Waals surface area (Å²) in [6.45, 7) is 6.19. The Hall–Kier alpha value is -2.25. The number of nitrogens with zero attached hydrogens (tertiary/aromatic N) is 1. The van der Waals surface area contributed by atoms with E-state index in [1.807, 2.05) is 20.8 Å². The van der Waals surface area contributed by atoms with Gasteiger partial charge >= 0.3 is 12.2 Å². The van der Waals surface area contributed by atoms with Crippen LogP contribution in [0.4, 0.5) is 18.0 Å². The third-order valence-electron chi connectivity index (χ3n) is 4.95. The summed E-state index contributed by atoms with van der Waals surface area (Å²) in [5.74, 6) is 0.348. The van der Waals surface area contributed by atoms with Gasteiger partial charge in [0.15, 0.2) is 0 Å². The summed E-state index contributed by atoms with van der Waals surface area (Å²) >= 11 is 5.77. The minimum Gasteiger partial charge on any atom is -0.370 e. The molecule has 1 aliphatic rings. The molecule has 1 aliphatic heterocycles. The summed E-state index contributed by atoms with van der Waals surface area (Å²) in [7, 11) is 0. The lowest BCUT2D eigenvalue weighted by atomic mass is 9.98. The van der Waals surface area contributed by atoms with Crippen LogP contribution in [0.1, 0.15) is 37.5 Å². The highest BCUT2D eigenvalue weighted by molar-refractivity contribution is 6.17. The highest BCUT2D eigenvalue weighted by Crippen LogP contribution is 2.36. The van der Waals surface area contributed by atoms with Gasteiger partial charge in [0.1, 0.15) is 0 Å². The van der Waals surface area contributed by atoms with Gasteiger partial charge in [-0.2, -0.15) is 13.2 Å². The van der Waals surface area contributed by atoms with Gasteiger partial charge in [-0.05, 0) is 49.1 Å². The number of hydrogen-bond donors (Lipinski definition) is 1. The number of urea groups is 1. The zero-order chi connectivity index (χ0) is 22.8. The van der Waals surface area contributed by atoms with Gasteiger partial charge in [-0.1, -0.05) is 36.4 Å². The van der Waals surface area contributed by atoms with Crippen LogP contribution in [0.5, 0.6) is 0 Å². The first-order valence-corrected chi connectivity index (χ1v) is 10.5. The van der Waals surface area contributed by atoms with Crippen molar-refractivity contribution < 1.29 is 22.7 Å². The number of amides is 2. The molecule has 0 bridgehead atoms. The van der Waals surface area contributed by atoms with E-state index in [2.05, 4.69) is 5.32 Å². The molecule has 0 radical (unpaired) electrons. The summed E-state index contributed by atoms with van der Waals surface area (Å²) in [5.41, 5.74) is 1.07. The first-order valence-electron chi connectivity index (χ1n) is 10.0. The van der Waals surface area contributed by atoms with Crippen molar-refractivity contribution in [3.8, 4) is 11.1 Å². The van der Waals surface area contributed by atoms with Crippen molar-refractivity contribution in [2.45, 2.75) is 51.1 Å². The standard InChI is InChI=1S/C23H26ClF3N2O2/c1-22(2,3)28-21(30)29-12-19(13-29)31-14-18-9-8-17(10-20(18)23(25,26)27)16-6-4-15(11-24)5-7-16/h4-10,19H,11-14H2,1-3H3,(H,28,30). The van der Waals surface area contributed by atoms with Crippen LogP contribution in [-0.2, 0) is 23.4 Å². The normalized spacial score (nSPS) is 15.0. The number of likely N-dealkylation sites (tertiary alicyclic amines) is 1. The van der Waals surface area contributed by atoms with Crippen molar-refractivity contribution >= 4 is 17.6 Å². The van der Waals surface area contributed by atoms with E-state index in [9.17, 15) is 18.0 Å². The van der Waals surface area contributed by atoms with Gasteiger partial charge in [-0.3, -0.25) is 0 Å². The number of halogens is 4. The monoisotopic (exact) mass is 454 g/mol. The Balaban J connectivity index is 1.66. The van der Waals surface area contributed by atoms with Crippen LogP contribution in [0.25, 0.3) is 11.1 Å². The van der Waals surface area contributed by atoms with Crippen LogP contribution in [-0.4, -0.2) is 35.7 Å². The third kappa shape index (κ3) is 6.14. The fraction of sp³-hybridized carbons (Fsp3) is 0.435. The number of benzene rings is 2. The van der Waals surface area contributed by atoms with Crippen LogP contribution in [0.15, 0.2) is 42.5 Å². The minimum atomic E-state index is -4.50. The lowest BCUT2D eigenvalue weighted by molar-refractivity contribution is -0.139. The minimum absolute atomic E-state index is 0.0752. The van der Waals surface area contributed by atoms with E-state index in [0.717, 1.165) is 11.6 Å². The van der Waals surface area contributed by atoms with Crippen molar-refractivity contribution in [1.29, 1.82) is 0 Å². The molecule has 0 atom stereocenters. The molecule has 0 saturated carbocycles. The van der Waals surface area contributed by atoms with Crippen molar-refractivity contribution in [2.24, 2.45) is 0 Å². The van der Waals surface area contributed by atoms with E-state index < -0.39 is 11.7 Å². The number of alkyl halides is 4. The van der Waals surface area contributed by atoms with E-state index in [0.29, 0.717) is 30.1 Å². The van der Waals surface area contributed by atoms with E-state index in [1.165, 1.54) is 6.07 Å². The van der Waals surface area contributed by atoms with Gasteiger partial charge in [0.25, 0.3) is 0 Å². The van der Waals surface area contributed by atoms with Crippen molar-refractivity contribution in [3.05, 3.63) is 59.2 Å². The molecule has 1 saturated heterocycles. The molecule has 2 aromatic carbocycles. The Bertz CT molecular complexity index is 918. The lowest BCUT2D eigenvalue weighted by Gasteiger charge is -2.40. The molecule has 168 valence electrons. The van der Waals surface area contributed by atoms with E-state index in [4.69, 9.17) is 16.3 Å². The Morgan fingerprint density at radius 3 is 2.26 bits per heavy atom. The quantitative estimate of drug-likeness (QED) is 0.578. The molecule has 2 aromatic rings. The van der Waals surface area contributed by atoms with Crippen molar-refractivity contribution in [1.82, 2.24) is 10.2 Å². The summed E-state index contributed by atoms with van der Waals surface area (Å²) in [6.07, 6.45) is -4.78. The number of nitrogens with one attached hydrogen (secondary N) is 1. The van der Waals surface area contributed by atoms with Crippen LogP contribution >= 0.6 is 11.6 Å². The topological polar surface area (TPSA) is 41.6 Å². The SMILES string of the molecule is CC(C)(C)NC(=O)N1CC(OCc2ccc(-c3ccc(CCl)cc3)cc2C(F)(F)F)C1. The van der Waals surface area contributed by atoms with Crippen molar-refractivity contribution in [3.63, 3.8) is 0 Å². The van der Waals surface area contributed by atoms with Gasteiger partial charge < -0.3 is 15.0 Å². The molecule has 0 aliphatic carbocycles. The number of carbonyl (C=O) groups is 1. The molecule has 4 nitrogen and oxygen atoms in total. The predicted molar refractivity (Wildman–Crippen MR) is 115 cm³/mol. The second kappa shape index (κ2) is 9.09. The summed E-state index contributed by atoms with van der Waals surface area (Å²) in [4.78, 5) is 13.6. The average molecular weight is 455 g/mol. The first-order chi connectivity index (χ1) is 14.5. The van der Waals surface area contributed by atoms with Gasteiger partial charge in [-0.15, -0.1) is 11.6 Å². The zero-order valence-corrected chi connectivity index (χ0v) is 18.5. The van der Waals surface area contributed by atoms with Crippen LogP contribution in [0, 0.1) is 0 Å². The summed E-state index contributed by atoms with van der Waals surface area (Å²) in [6, 6.07) is 11.2. The highest BCUT2D eigenvalue weighted by Gasteiger charge is 2.36. The smallest absolute Gasteiger partial charge is 0.370 e. The molecule has 2 amide bonds. The largest absolute Gasteiger partial charge is 0.416 e. The van der Waals surface area contributed by atoms with Gasteiger partial charge in [0.2, 0.25) is 0 Å². The number of hydrogen-bond acceptors (Lipinski definition) is 2. The van der Waals surface area contributed by atoms with E-state index in [1.54, 1.807) is 35.2 Å². The van der Waals surface area contributed by atoms with Crippen LogP contribution in [0.2, 0.25) is 0 Å². The molecule has 1 N–H and O–H groups in total. The van der Waals surface area contributed by atoms with E-state index in [-0.39, 0.29) is 29.8 Å². The summed E-state index contributed by atoms with van der Waals surface area (Å²) < 4.78 is 46.7. The maximum Gasteiger partial charge on any atom is 0.416 e. The Morgan fingerprint density at radius 2 is 1.71 bits per heavy atom. The second-order valence-electron chi connectivity index (χ2n) is 8.72. The number of carbonyl (C=O) groups excluding carboxylic acids is 1. The molecule has 0 spiro atoms. The molecule has 1 fully saturated rings. The second-order valence-corrected chi connectivity index (χ2v) is 8.99. The fourth-order valence-corrected chi connectivity index (χ4v) is 3.43. The molecular formula is C23H26ClF3N2O2. The summed E-state index contributed by atoms with van der Waals surface area (Å²) in [5, 5.41) is 2.85. The van der Waals surface area contributed by atoms with Gasteiger partial charge in [0, 0.05) is 11.4 Å². The third-order valence-corrected chi connectivity index (χ3v) is 5.26. The molecule has 8 heteroatoms. The average Bonchev–Trinajstić information content (AvgIpc) is 2.64. The van der Waals surface area contributed by atoms with Crippen LogP contribution in [0.3, 0.4) is 0 Å². The molecule has 0 aromatic heterocycles. The maximum absolute atomic E-state index is 13.7. The first kappa shape index (κ1) is 23.4. The van der Waals surface area contributed by atoms with Gasteiger partial charge in [-0.25, -0.2) is 4.79 Å². The highest BCUT2D eigenvalue weighted by atomic mass is 35.5. The molecular weight excluding hydrogens is 429 g/mol. The Morgan fingerprint density at radius 1 is 1.10 bits per heavy atom. The predicted octanol–water partition coefficient (Wildman–Crippen LogP) is 5.82. The lowest BCUT2D eigenvalue weighted by Crippen LogP contribution is -2.60. The zero-order valence-electron chi connectivity index (χ0n) is 17.7. The van der Waals surface area contributed by atoms with Crippen molar-refractivity contribution in [2.75, 3.05) is 13.1 Å². The molecule has 1 heterocycles. The number of rotatable bonds is 5. The number of ether oxygens (including phenoxy) is 1. The Labute approximate surface area is 185 Å².